The maximum Gasteiger partial charge on any atom is 0.149 e. The Morgan fingerprint density at radius 2 is 2.50 bits per heavy atom. The Morgan fingerprint density at radius 3 is 3.17 bits per heavy atom. The predicted molar refractivity (Wildman–Crippen MR) is 72.1 cm³/mol. The molecule has 1 aliphatic rings. The van der Waals surface area contributed by atoms with Crippen LogP contribution in [0.25, 0.3) is 0 Å². The van der Waals surface area contributed by atoms with Crippen LogP contribution in [0.2, 0.25) is 0 Å². The third-order valence-electron chi connectivity index (χ3n) is 3.34. The summed E-state index contributed by atoms with van der Waals surface area (Å²) in [6, 6.07) is 4.09. The zero-order chi connectivity index (χ0) is 13.0. The lowest BCUT2D eigenvalue weighted by atomic mass is 10.1. The fraction of sp³-hybridized carbons (Fsp3) is 0.538. The van der Waals surface area contributed by atoms with Gasteiger partial charge in [-0.1, -0.05) is 6.92 Å². The Kier molecular flexibility index (Phi) is 4.00. The van der Waals surface area contributed by atoms with Crippen LogP contribution >= 0.6 is 0 Å². The first-order valence-electron chi connectivity index (χ1n) is 6.37. The third-order valence-corrected chi connectivity index (χ3v) is 3.34. The molecule has 0 bridgehead atoms. The molecular weight excluding hydrogens is 226 g/mol. The number of piperidine rings is 1. The highest BCUT2D eigenvalue weighted by Crippen LogP contribution is 2.20. The van der Waals surface area contributed by atoms with E-state index in [1.807, 2.05) is 6.07 Å². The Balaban J connectivity index is 2.03. The fourth-order valence-corrected chi connectivity index (χ4v) is 2.32. The van der Waals surface area contributed by atoms with Crippen LogP contribution in [0.5, 0.6) is 0 Å². The van der Waals surface area contributed by atoms with E-state index in [2.05, 4.69) is 22.1 Å². The van der Waals surface area contributed by atoms with Gasteiger partial charge in [0.2, 0.25) is 0 Å². The molecule has 1 unspecified atom stereocenters. The molecule has 0 spiro atoms. The lowest BCUT2D eigenvalue weighted by Crippen LogP contribution is -2.42. The topological polar surface area (TPSA) is 78.0 Å². The molecule has 2 heterocycles. The summed E-state index contributed by atoms with van der Waals surface area (Å²) >= 11 is 0. The Bertz CT molecular complexity index is 451. The summed E-state index contributed by atoms with van der Waals surface area (Å²) in [4.78, 5) is 6.63. The fourth-order valence-electron chi connectivity index (χ4n) is 2.32. The van der Waals surface area contributed by atoms with Gasteiger partial charge in [0.1, 0.15) is 11.9 Å². The molecule has 1 aliphatic heterocycles. The Morgan fingerprint density at radius 1 is 1.67 bits per heavy atom. The van der Waals surface area contributed by atoms with E-state index in [-0.39, 0.29) is 0 Å². The number of nitrogen functional groups attached to an aromatic ring is 1. The van der Waals surface area contributed by atoms with Gasteiger partial charge in [-0.3, -0.25) is 0 Å². The molecular formula is C13H19N5. The first kappa shape index (κ1) is 12.7. The average molecular weight is 245 g/mol. The second-order valence-electron chi connectivity index (χ2n) is 4.65. The van der Waals surface area contributed by atoms with E-state index in [1.54, 1.807) is 12.3 Å². The van der Waals surface area contributed by atoms with Crippen LogP contribution in [-0.4, -0.2) is 35.6 Å². The number of nitrogens with zero attached hydrogens (tertiary/aromatic N) is 3. The lowest BCUT2D eigenvalue weighted by Gasteiger charge is -2.32. The minimum Gasteiger partial charge on any atom is -0.396 e. The third kappa shape index (κ3) is 2.90. The molecule has 5 nitrogen and oxygen atoms in total. The van der Waals surface area contributed by atoms with Gasteiger partial charge in [0.05, 0.1) is 11.3 Å². The Labute approximate surface area is 108 Å². The molecule has 96 valence electrons. The van der Waals surface area contributed by atoms with Crippen LogP contribution in [-0.2, 0) is 0 Å². The van der Waals surface area contributed by atoms with Gasteiger partial charge in [-0.2, -0.15) is 5.26 Å². The molecule has 1 saturated heterocycles. The number of likely N-dealkylation sites (tertiary alicyclic amines) is 1. The standard InChI is InChI=1S/C13H19N5/c1-2-18-5-3-4-11(9-18)17-13-12(15)6-10(7-14)8-16-13/h6,8,11H,2-5,9,15H2,1H3,(H,16,17). The summed E-state index contributed by atoms with van der Waals surface area (Å²) in [6.45, 7) is 5.45. The monoisotopic (exact) mass is 245 g/mol. The van der Waals surface area contributed by atoms with Gasteiger partial charge in [0.25, 0.3) is 0 Å². The first-order chi connectivity index (χ1) is 8.72. The van der Waals surface area contributed by atoms with Crippen molar-refractivity contribution < 1.29 is 0 Å². The highest BCUT2D eigenvalue weighted by Gasteiger charge is 2.19. The summed E-state index contributed by atoms with van der Waals surface area (Å²) in [5, 5.41) is 12.1. The predicted octanol–water partition coefficient (Wildman–Crippen LogP) is 1.43. The van der Waals surface area contributed by atoms with Crippen molar-refractivity contribution in [3.63, 3.8) is 0 Å². The molecule has 0 saturated carbocycles. The van der Waals surface area contributed by atoms with Crippen molar-refractivity contribution in [1.29, 1.82) is 5.26 Å². The zero-order valence-electron chi connectivity index (χ0n) is 10.7. The molecule has 18 heavy (non-hydrogen) atoms. The maximum atomic E-state index is 8.77. The lowest BCUT2D eigenvalue weighted by molar-refractivity contribution is 0.226. The van der Waals surface area contributed by atoms with Crippen molar-refractivity contribution >= 4 is 11.5 Å². The summed E-state index contributed by atoms with van der Waals surface area (Å²) in [5.74, 6) is 0.692. The summed E-state index contributed by atoms with van der Waals surface area (Å²) in [5.41, 5.74) is 6.93. The van der Waals surface area contributed by atoms with Gasteiger partial charge in [-0.05, 0) is 32.0 Å². The molecule has 1 aromatic heterocycles. The molecule has 3 N–H and O–H groups in total. The second-order valence-corrected chi connectivity index (χ2v) is 4.65. The quantitative estimate of drug-likeness (QED) is 0.842. The Hall–Kier alpha value is -1.80. The normalized spacial score (nSPS) is 20.3. The number of anilines is 2. The van der Waals surface area contributed by atoms with Crippen molar-refractivity contribution in [3.8, 4) is 6.07 Å². The van der Waals surface area contributed by atoms with Gasteiger partial charge >= 0.3 is 0 Å². The van der Waals surface area contributed by atoms with E-state index < -0.39 is 0 Å². The molecule has 0 aliphatic carbocycles. The summed E-state index contributed by atoms with van der Waals surface area (Å²) in [6.07, 6.45) is 3.89. The minimum absolute atomic E-state index is 0.390. The summed E-state index contributed by atoms with van der Waals surface area (Å²) in [7, 11) is 0. The molecule has 5 heteroatoms. The van der Waals surface area contributed by atoms with E-state index in [0.717, 1.165) is 19.5 Å². The number of nitrogens with one attached hydrogen (secondary N) is 1. The van der Waals surface area contributed by atoms with Crippen molar-refractivity contribution in [2.45, 2.75) is 25.8 Å². The van der Waals surface area contributed by atoms with Crippen molar-refractivity contribution in [2.75, 3.05) is 30.7 Å². The SMILES string of the molecule is CCN1CCCC(Nc2ncc(C#N)cc2N)C1. The number of hydrogen-bond acceptors (Lipinski definition) is 5. The number of hydrogen-bond donors (Lipinski definition) is 2. The minimum atomic E-state index is 0.390. The molecule has 1 aromatic rings. The average Bonchev–Trinajstić information content (AvgIpc) is 2.41. The number of nitriles is 1. The van der Waals surface area contributed by atoms with Crippen LogP contribution < -0.4 is 11.1 Å². The number of rotatable bonds is 3. The molecule has 0 radical (unpaired) electrons. The second kappa shape index (κ2) is 5.69. The van der Waals surface area contributed by atoms with Crippen LogP contribution in [0.15, 0.2) is 12.3 Å². The highest BCUT2D eigenvalue weighted by atomic mass is 15.2. The van der Waals surface area contributed by atoms with Crippen LogP contribution in [0.1, 0.15) is 25.3 Å². The number of likely N-dealkylation sites (N-methyl/N-ethyl adjacent to an activating group) is 1. The summed E-state index contributed by atoms with van der Waals surface area (Å²) < 4.78 is 0. The zero-order valence-corrected chi connectivity index (χ0v) is 10.7. The van der Waals surface area contributed by atoms with Crippen LogP contribution in [0, 0.1) is 11.3 Å². The molecule has 1 atom stereocenters. The van der Waals surface area contributed by atoms with E-state index in [1.165, 1.54) is 13.0 Å². The van der Waals surface area contributed by atoms with Crippen LogP contribution in [0.3, 0.4) is 0 Å². The number of aromatic nitrogens is 1. The van der Waals surface area contributed by atoms with Gasteiger partial charge in [-0.25, -0.2) is 4.98 Å². The number of nitrogens with two attached hydrogens (primary N) is 1. The molecule has 2 rings (SSSR count). The van der Waals surface area contributed by atoms with Crippen molar-refractivity contribution in [1.82, 2.24) is 9.88 Å². The van der Waals surface area contributed by atoms with E-state index in [4.69, 9.17) is 11.0 Å². The smallest absolute Gasteiger partial charge is 0.149 e. The van der Waals surface area contributed by atoms with Gasteiger partial charge in [0.15, 0.2) is 0 Å². The largest absolute Gasteiger partial charge is 0.396 e. The van der Waals surface area contributed by atoms with Gasteiger partial charge in [0, 0.05) is 18.8 Å². The van der Waals surface area contributed by atoms with Crippen LogP contribution in [0.4, 0.5) is 11.5 Å². The number of pyridine rings is 1. The molecule has 1 fully saturated rings. The maximum absolute atomic E-state index is 8.77. The van der Waals surface area contributed by atoms with Gasteiger partial charge in [-0.15, -0.1) is 0 Å². The van der Waals surface area contributed by atoms with Crippen molar-refractivity contribution in [2.24, 2.45) is 0 Å². The van der Waals surface area contributed by atoms with Gasteiger partial charge < -0.3 is 16.0 Å². The van der Waals surface area contributed by atoms with E-state index in [9.17, 15) is 0 Å². The molecule has 0 aromatic carbocycles. The molecule has 0 amide bonds. The first-order valence-corrected chi connectivity index (χ1v) is 6.37. The van der Waals surface area contributed by atoms with E-state index >= 15 is 0 Å². The van der Waals surface area contributed by atoms with E-state index in [0.29, 0.717) is 23.1 Å². The van der Waals surface area contributed by atoms with Crippen molar-refractivity contribution in [3.05, 3.63) is 17.8 Å². The highest BCUT2D eigenvalue weighted by molar-refractivity contribution is 5.63.